The highest BCUT2D eigenvalue weighted by molar-refractivity contribution is 7.99. The van der Waals surface area contributed by atoms with Crippen molar-refractivity contribution in [3.8, 4) is 0 Å². The lowest BCUT2D eigenvalue weighted by atomic mass is 10.1. The monoisotopic (exact) mass is 407 g/mol. The molecular formula is C16H14ClN5O2S2. The normalized spacial score (nSPS) is 10.7. The Hall–Kier alpha value is -2.23. The van der Waals surface area contributed by atoms with E-state index in [1.54, 1.807) is 13.1 Å². The Morgan fingerprint density at radius 3 is 2.92 bits per heavy atom. The number of nitrogens with one attached hydrogen (secondary N) is 2. The second-order valence-corrected chi connectivity index (χ2v) is 7.77. The number of thioether (sulfide) groups is 1. The first-order valence-electron chi connectivity index (χ1n) is 7.55. The van der Waals surface area contributed by atoms with Crippen LogP contribution in [0.4, 0.5) is 5.13 Å². The van der Waals surface area contributed by atoms with E-state index in [0.717, 1.165) is 22.2 Å². The number of benzene rings is 1. The van der Waals surface area contributed by atoms with E-state index in [9.17, 15) is 9.59 Å². The third-order valence-corrected chi connectivity index (χ3v) is 5.45. The maximum Gasteiger partial charge on any atom is 0.273 e. The van der Waals surface area contributed by atoms with Crippen LogP contribution in [0, 0.1) is 6.92 Å². The molecule has 26 heavy (non-hydrogen) atoms. The van der Waals surface area contributed by atoms with Crippen LogP contribution in [0.2, 0.25) is 5.02 Å². The number of aryl methyl sites for hydroxylation is 1. The van der Waals surface area contributed by atoms with Gasteiger partial charge in [-0.05, 0) is 18.6 Å². The molecule has 0 fully saturated rings. The molecule has 0 aliphatic heterocycles. The van der Waals surface area contributed by atoms with Gasteiger partial charge in [0.05, 0.1) is 5.75 Å². The molecule has 7 nitrogen and oxygen atoms in total. The van der Waals surface area contributed by atoms with Gasteiger partial charge in [0.1, 0.15) is 5.69 Å². The van der Waals surface area contributed by atoms with Crippen molar-refractivity contribution in [2.45, 2.75) is 18.5 Å². The smallest absolute Gasteiger partial charge is 0.273 e. The van der Waals surface area contributed by atoms with Gasteiger partial charge in [0, 0.05) is 22.5 Å². The molecule has 2 heterocycles. The molecule has 0 atom stereocenters. The van der Waals surface area contributed by atoms with Crippen molar-refractivity contribution < 1.29 is 4.79 Å². The van der Waals surface area contributed by atoms with Crippen LogP contribution in [0.3, 0.4) is 0 Å². The number of anilines is 1. The fourth-order valence-corrected chi connectivity index (χ4v) is 3.67. The molecule has 0 saturated carbocycles. The summed E-state index contributed by atoms with van der Waals surface area (Å²) in [4.78, 5) is 31.3. The number of amides is 1. The molecule has 10 heteroatoms. The summed E-state index contributed by atoms with van der Waals surface area (Å²) in [6.07, 6.45) is 2.38. The van der Waals surface area contributed by atoms with Crippen molar-refractivity contribution in [1.82, 2.24) is 20.2 Å². The van der Waals surface area contributed by atoms with Crippen LogP contribution in [0.25, 0.3) is 0 Å². The molecule has 2 aromatic heterocycles. The van der Waals surface area contributed by atoms with Crippen molar-refractivity contribution in [2.75, 3.05) is 11.1 Å². The van der Waals surface area contributed by atoms with Gasteiger partial charge in [-0.25, -0.2) is 4.98 Å². The van der Waals surface area contributed by atoms with Crippen molar-refractivity contribution in [1.29, 1.82) is 0 Å². The van der Waals surface area contributed by atoms with E-state index in [1.807, 2.05) is 24.3 Å². The molecule has 2 N–H and O–H groups in total. The second kappa shape index (κ2) is 8.43. The predicted octanol–water partition coefficient (Wildman–Crippen LogP) is 2.90. The number of carbonyl (C=O) groups excluding carboxylic acids is 1. The Kier molecular flexibility index (Phi) is 6.02. The molecule has 0 radical (unpaired) electrons. The van der Waals surface area contributed by atoms with Gasteiger partial charge in [-0.15, -0.1) is 21.5 Å². The lowest BCUT2D eigenvalue weighted by molar-refractivity contribution is -0.113. The molecule has 1 aromatic carbocycles. The van der Waals surface area contributed by atoms with Crippen LogP contribution in [-0.2, 0) is 11.2 Å². The zero-order valence-corrected chi connectivity index (χ0v) is 16.0. The standard InChI is InChI=1S/C16H14ClN5O2S2/c1-9-14(24)20-16(22-21-9)25-8-13(23)19-15-18-7-11(26-15)6-10-4-2-3-5-12(10)17/h2-5,7H,6,8H2,1H3,(H,18,19,23)(H,20,22,24). The fourth-order valence-electron chi connectivity index (χ4n) is 2.01. The summed E-state index contributed by atoms with van der Waals surface area (Å²) in [6, 6.07) is 7.62. The molecule has 3 aromatic rings. The van der Waals surface area contributed by atoms with Crippen molar-refractivity contribution in [3.05, 3.63) is 62.0 Å². The molecule has 0 saturated heterocycles. The highest BCUT2D eigenvalue weighted by Crippen LogP contribution is 2.24. The zero-order chi connectivity index (χ0) is 18.5. The molecule has 3 rings (SSSR count). The number of hydrogen-bond acceptors (Lipinski definition) is 7. The molecule has 134 valence electrons. The summed E-state index contributed by atoms with van der Waals surface area (Å²) in [5.41, 5.74) is 0.979. The predicted molar refractivity (Wildman–Crippen MR) is 103 cm³/mol. The van der Waals surface area contributed by atoms with Gasteiger partial charge in [-0.2, -0.15) is 0 Å². The van der Waals surface area contributed by atoms with Gasteiger partial charge in [0.2, 0.25) is 5.91 Å². The number of hydrogen-bond donors (Lipinski definition) is 2. The highest BCUT2D eigenvalue weighted by Gasteiger charge is 2.10. The molecule has 0 unspecified atom stereocenters. The molecular weight excluding hydrogens is 394 g/mol. The van der Waals surface area contributed by atoms with Crippen LogP contribution in [0.15, 0.2) is 40.4 Å². The van der Waals surface area contributed by atoms with Gasteiger partial charge in [0.25, 0.3) is 5.56 Å². The molecule has 0 bridgehead atoms. The molecule has 1 amide bonds. The number of nitrogens with zero attached hydrogens (tertiary/aromatic N) is 3. The van der Waals surface area contributed by atoms with E-state index in [-0.39, 0.29) is 22.9 Å². The largest absolute Gasteiger partial charge is 0.301 e. The maximum atomic E-state index is 12.0. The number of thiazole rings is 1. The van der Waals surface area contributed by atoms with E-state index in [0.29, 0.717) is 21.7 Å². The molecule has 0 spiro atoms. The van der Waals surface area contributed by atoms with Crippen LogP contribution in [-0.4, -0.2) is 31.8 Å². The molecule has 0 aliphatic carbocycles. The van der Waals surface area contributed by atoms with E-state index in [1.165, 1.54) is 11.3 Å². The van der Waals surface area contributed by atoms with Gasteiger partial charge in [0.15, 0.2) is 10.3 Å². The van der Waals surface area contributed by atoms with E-state index >= 15 is 0 Å². The molecule has 0 aliphatic rings. The first kappa shape index (κ1) is 18.6. The summed E-state index contributed by atoms with van der Waals surface area (Å²) >= 11 is 8.66. The van der Waals surface area contributed by atoms with Crippen molar-refractivity contribution in [3.63, 3.8) is 0 Å². The van der Waals surface area contributed by atoms with Crippen molar-refractivity contribution >= 4 is 45.7 Å². The number of H-pyrrole nitrogens is 1. The van der Waals surface area contributed by atoms with Crippen molar-refractivity contribution in [2.24, 2.45) is 0 Å². The van der Waals surface area contributed by atoms with E-state index < -0.39 is 0 Å². The number of aromatic nitrogens is 4. The van der Waals surface area contributed by atoms with Crippen LogP contribution in [0.5, 0.6) is 0 Å². The van der Waals surface area contributed by atoms with Gasteiger partial charge in [-0.3, -0.25) is 14.6 Å². The van der Waals surface area contributed by atoms with Gasteiger partial charge < -0.3 is 5.32 Å². The third-order valence-electron chi connectivity index (χ3n) is 3.30. The van der Waals surface area contributed by atoms with Gasteiger partial charge >= 0.3 is 0 Å². The Labute approximate surface area is 162 Å². The quantitative estimate of drug-likeness (QED) is 0.609. The van der Waals surface area contributed by atoms with Gasteiger partial charge in [-0.1, -0.05) is 41.6 Å². The zero-order valence-electron chi connectivity index (χ0n) is 13.7. The lowest BCUT2D eigenvalue weighted by Gasteiger charge is -2.02. The SMILES string of the molecule is Cc1nnc(SCC(=O)Nc2ncc(Cc3ccccc3Cl)s2)[nH]c1=O. The topological polar surface area (TPSA) is 101 Å². The highest BCUT2D eigenvalue weighted by atomic mass is 35.5. The first-order chi connectivity index (χ1) is 12.5. The van der Waals surface area contributed by atoms with E-state index in [2.05, 4.69) is 25.5 Å². The van der Waals surface area contributed by atoms with Crippen LogP contribution in [0.1, 0.15) is 16.1 Å². The summed E-state index contributed by atoms with van der Waals surface area (Å²) in [5, 5.41) is 11.8. The minimum Gasteiger partial charge on any atom is -0.301 e. The average molecular weight is 408 g/mol. The number of carbonyl (C=O) groups is 1. The summed E-state index contributed by atoms with van der Waals surface area (Å²) in [5.74, 6) is -0.149. The summed E-state index contributed by atoms with van der Waals surface area (Å²) in [7, 11) is 0. The fraction of sp³-hybridized carbons (Fsp3) is 0.188. The maximum absolute atomic E-state index is 12.0. The van der Waals surface area contributed by atoms with E-state index in [4.69, 9.17) is 11.6 Å². The Morgan fingerprint density at radius 2 is 2.15 bits per heavy atom. The number of halogens is 1. The number of rotatable bonds is 6. The minimum atomic E-state index is -0.313. The Morgan fingerprint density at radius 1 is 1.35 bits per heavy atom. The van der Waals surface area contributed by atoms with Crippen LogP contribution < -0.4 is 10.9 Å². The lowest BCUT2D eigenvalue weighted by Crippen LogP contribution is -2.17. The first-order valence-corrected chi connectivity index (χ1v) is 9.73. The summed E-state index contributed by atoms with van der Waals surface area (Å²) < 4.78 is 0. The van der Waals surface area contributed by atoms with Crippen LogP contribution >= 0.6 is 34.7 Å². The second-order valence-electron chi connectivity index (χ2n) is 5.28. The number of aromatic amines is 1. The minimum absolute atomic E-state index is 0.0904. The summed E-state index contributed by atoms with van der Waals surface area (Å²) in [6.45, 7) is 1.57. The third kappa shape index (κ3) is 4.90. The Balaban J connectivity index is 1.55. The average Bonchev–Trinajstić information content (AvgIpc) is 3.05. The Bertz CT molecular complexity index is 989.